The average molecular weight is 549 g/mol. The second kappa shape index (κ2) is 13.0. The second-order valence-corrected chi connectivity index (χ2v) is 8.62. The molecule has 12 heteroatoms. The number of esters is 2. The number of nitrogens with zero attached hydrogens (tertiary/aromatic N) is 3. The number of halogens is 2. The summed E-state index contributed by atoms with van der Waals surface area (Å²) in [4.78, 5) is 42.3. The van der Waals surface area contributed by atoms with Crippen LogP contribution in [0.3, 0.4) is 0 Å². The van der Waals surface area contributed by atoms with E-state index in [0.29, 0.717) is 54.4 Å². The van der Waals surface area contributed by atoms with Crippen LogP contribution in [-0.2, 0) is 23.8 Å². The summed E-state index contributed by atoms with van der Waals surface area (Å²) in [5.41, 5.74) is 2.33. The summed E-state index contributed by atoms with van der Waals surface area (Å²) in [5, 5.41) is 0. The van der Waals surface area contributed by atoms with Crippen LogP contribution >= 0.6 is 0 Å². The van der Waals surface area contributed by atoms with E-state index < -0.39 is 19.3 Å². The largest absolute Gasteiger partial charge is 0.678 e. The monoisotopic (exact) mass is 549 g/mol. The van der Waals surface area contributed by atoms with E-state index in [1.807, 2.05) is 0 Å². The van der Waals surface area contributed by atoms with Crippen molar-refractivity contribution in [3.8, 4) is 0 Å². The van der Waals surface area contributed by atoms with E-state index in [2.05, 4.69) is 14.5 Å². The lowest BCUT2D eigenvalue weighted by Crippen LogP contribution is -2.40. The van der Waals surface area contributed by atoms with E-state index in [4.69, 9.17) is 4.74 Å². The van der Waals surface area contributed by atoms with Crippen LogP contribution in [0.1, 0.15) is 27.3 Å². The summed E-state index contributed by atoms with van der Waals surface area (Å²) < 4.78 is 44.1. The lowest BCUT2D eigenvalue weighted by Gasteiger charge is -2.27. The van der Waals surface area contributed by atoms with Crippen molar-refractivity contribution in [1.82, 2.24) is 9.38 Å². The summed E-state index contributed by atoms with van der Waals surface area (Å²) in [6.07, 6.45) is 8.24. The fourth-order valence-corrected chi connectivity index (χ4v) is 4.23. The summed E-state index contributed by atoms with van der Waals surface area (Å²) in [6, 6.07) is 9.59. The predicted octanol–water partition coefficient (Wildman–Crippen LogP) is 3.42. The molecule has 0 aliphatic carbocycles. The summed E-state index contributed by atoms with van der Waals surface area (Å²) in [5.74, 6) is -1.40. The Morgan fingerprint density at radius 2 is 1.52 bits per heavy atom. The Labute approximate surface area is 229 Å². The molecule has 2 aliphatic rings. The highest BCUT2D eigenvalue weighted by atomic mass is 19.2. The SMILES string of the molecule is COC(=O)/C=C/C1=NC(=C(/c2ccc(C(=O)N3CCOCC3)cc2)c2ccc(/C=C/C(=O)OC)n2B(F)F)/C=C1. The number of ether oxygens (including phenoxy) is 3. The first-order valence-corrected chi connectivity index (χ1v) is 12.3. The minimum Gasteiger partial charge on any atom is -0.466 e. The van der Waals surface area contributed by atoms with Crippen LogP contribution in [-0.4, -0.2) is 80.9 Å². The van der Waals surface area contributed by atoms with Crippen LogP contribution < -0.4 is 0 Å². The zero-order valence-corrected chi connectivity index (χ0v) is 21.9. The van der Waals surface area contributed by atoms with Crippen molar-refractivity contribution in [2.45, 2.75) is 0 Å². The number of morpholine rings is 1. The number of carbonyl (C=O) groups excluding carboxylic acids is 3. The molecule has 3 heterocycles. The smallest absolute Gasteiger partial charge is 0.466 e. The van der Waals surface area contributed by atoms with Gasteiger partial charge in [-0.1, -0.05) is 12.1 Å². The molecule has 2 aromatic rings. The van der Waals surface area contributed by atoms with Crippen LogP contribution in [0.2, 0.25) is 0 Å². The number of aromatic nitrogens is 1. The molecule has 0 bridgehead atoms. The van der Waals surface area contributed by atoms with Gasteiger partial charge in [0.1, 0.15) is 0 Å². The molecule has 2 aliphatic heterocycles. The molecule has 0 N–H and O–H groups in total. The quantitative estimate of drug-likeness (QED) is 0.285. The Balaban J connectivity index is 1.80. The highest BCUT2D eigenvalue weighted by Gasteiger charge is 2.27. The zero-order chi connectivity index (χ0) is 28.6. The number of benzene rings is 1. The molecule has 1 amide bonds. The average Bonchev–Trinajstić information content (AvgIpc) is 3.63. The van der Waals surface area contributed by atoms with Gasteiger partial charge in [-0.05, 0) is 54.1 Å². The molecule has 0 atom stereocenters. The third-order valence-corrected chi connectivity index (χ3v) is 6.22. The molecular weight excluding hydrogens is 523 g/mol. The molecule has 1 saturated heterocycles. The van der Waals surface area contributed by atoms with Crippen molar-refractivity contribution in [3.63, 3.8) is 0 Å². The van der Waals surface area contributed by atoms with E-state index in [9.17, 15) is 23.0 Å². The molecule has 0 saturated carbocycles. The maximum atomic E-state index is 14.4. The van der Waals surface area contributed by atoms with Gasteiger partial charge in [-0.3, -0.25) is 13.4 Å². The molecule has 1 aromatic carbocycles. The Bertz CT molecular complexity index is 1430. The van der Waals surface area contributed by atoms with Crippen LogP contribution in [0.4, 0.5) is 8.63 Å². The Morgan fingerprint density at radius 3 is 2.15 bits per heavy atom. The van der Waals surface area contributed by atoms with Gasteiger partial charge in [0.25, 0.3) is 5.91 Å². The molecule has 206 valence electrons. The molecular formula is C28H26BF2N3O6. The van der Waals surface area contributed by atoms with Gasteiger partial charge in [0.05, 0.1) is 38.8 Å². The number of hydrogen-bond acceptors (Lipinski definition) is 7. The minimum atomic E-state index is -2.95. The Kier molecular flexibility index (Phi) is 9.23. The van der Waals surface area contributed by atoms with Gasteiger partial charge < -0.3 is 23.6 Å². The van der Waals surface area contributed by atoms with Gasteiger partial charge in [0, 0.05) is 47.8 Å². The number of rotatable bonds is 8. The number of carbonyl (C=O) groups is 3. The number of amides is 1. The van der Waals surface area contributed by atoms with Crippen LogP contribution in [0.25, 0.3) is 11.6 Å². The number of methoxy groups -OCH3 is 2. The minimum absolute atomic E-state index is 0.0735. The van der Waals surface area contributed by atoms with Crippen LogP contribution in [0.5, 0.6) is 0 Å². The standard InChI is InChI=1S/C28H26BF2N3O6/c1-38-25(35)13-8-21-7-11-23(32-21)27(24-12-9-22(34(24)29(30)31)10-14-26(36)39-2)19-3-5-20(6-4-19)28(37)33-15-17-40-18-16-33/h3-14H,15-18H2,1-2H3/b13-8+,14-10+,27-23-. The van der Waals surface area contributed by atoms with Crippen molar-refractivity contribution >= 4 is 42.6 Å². The third-order valence-electron chi connectivity index (χ3n) is 6.22. The highest BCUT2D eigenvalue weighted by Crippen LogP contribution is 2.33. The summed E-state index contributed by atoms with van der Waals surface area (Å²) in [6.45, 7) is 1.91. The van der Waals surface area contributed by atoms with Gasteiger partial charge >= 0.3 is 19.3 Å². The Morgan fingerprint density at radius 1 is 0.900 bits per heavy atom. The van der Waals surface area contributed by atoms with Crippen molar-refractivity contribution in [2.75, 3.05) is 40.5 Å². The van der Waals surface area contributed by atoms with Gasteiger partial charge in [-0.25, -0.2) is 14.6 Å². The fourth-order valence-electron chi connectivity index (χ4n) is 4.23. The normalized spacial score (nSPS) is 16.4. The molecule has 4 rings (SSSR count). The number of aliphatic imine (C=N–C) groups is 1. The molecule has 1 aromatic heterocycles. The lowest BCUT2D eigenvalue weighted by molar-refractivity contribution is -0.135. The van der Waals surface area contributed by atoms with Crippen molar-refractivity contribution in [1.29, 1.82) is 0 Å². The van der Waals surface area contributed by atoms with Gasteiger partial charge in [-0.15, -0.1) is 0 Å². The maximum Gasteiger partial charge on any atom is 0.678 e. The van der Waals surface area contributed by atoms with E-state index >= 15 is 0 Å². The second-order valence-electron chi connectivity index (χ2n) is 8.62. The van der Waals surface area contributed by atoms with E-state index in [1.165, 1.54) is 44.6 Å². The Hall–Kier alpha value is -4.58. The van der Waals surface area contributed by atoms with E-state index in [0.717, 1.165) is 10.6 Å². The molecule has 0 unspecified atom stereocenters. The lowest BCUT2D eigenvalue weighted by atomic mass is 9.97. The highest BCUT2D eigenvalue weighted by molar-refractivity contribution is 6.42. The molecule has 0 spiro atoms. The van der Waals surface area contributed by atoms with Crippen molar-refractivity contribution < 1.29 is 37.2 Å². The molecule has 9 nitrogen and oxygen atoms in total. The first-order valence-electron chi connectivity index (χ1n) is 12.3. The van der Waals surface area contributed by atoms with Gasteiger partial charge in [0.15, 0.2) is 0 Å². The maximum absolute atomic E-state index is 14.4. The first kappa shape index (κ1) is 28.4. The van der Waals surface area contributed by atoms with E-state index in [-0.39, 0.29) is 17.3 Å². The first-order chi connectivity index (χ1) is 19.3. The van der Waals surface area contributed by atoms with Crippen molar-refractivity contribution in [3.05, 3.63) is 95.0 Å². The third kappa shape index (κ3) is 6.52. The van der Waals surface area contributed by atoms with Crippen LogP contribution in [0, 0.1) is 0 Å². The van der Waals surface area contributed by atoms with Gasteiger partial charge in [0.2, 0.25) is 0 Å². The number of allylic oxidation sites excluding steroid dienone is 3. The van der Waals surface area contributed by atoms with E-state index in [1.54, 1.807) is 41.3 Å². The van der Waals surface area contributed by atoms with Gasteiger partial charge in [-0.2, -0.15) is 0 Å². The summed E-state index contributed by atoms with van der Waals surface area (Å²) >= 11 is 0. The number of hydrogen-bond donors (Lipinski definition) is 0. The molecule has 40 heavy (non-hydrogen) atoms. The fraction of sp³-hybridized carbons (Fsp3) is 0.214. The molecule has 0 radical (unpaired) electrons. The molecule has 1 fully saturated rings. The zero-order valence-electron chi connectivity index (χ0n) is 21.9. The van der Waals surface area contributed by atoms with Crippen molar-refractivity contribution in [2.24, 2.45) is 4.99 Å². The predicted molar refractivity (Wildman–Crippen MR) is 146 cm³/mol. The topological polar surface area (TPSA) is 99.4 Å². The van der Waals surface area contributed by atoms with Crippen LogP contribution in [0.15, 0.2) is 77.5 Å². The summed E-state index contributed by atoms with van der Waals surface area (Å²) in [7, 11) is -0.509.